The molecule has 0 amide bonds. The summed E-state index contributed by atoms with van der Waals surface area (Å²) in [5, 5.41) is 28.7. The molecule has 2 rings (SSSR count). The second-order valence-corrected chi connectivity index (χ2v) is 7.92. The zero-order valence-electron chi connectivity index (χ0n) is 14.0. The molecule has 0 bridgehead atoms. The molecule has 0 radical (unpaired) electrons. The molecule has 1 aliphatic carbocycles. The molecule has 1 saturated heterocycles. The monoisotopic (exact) mass is 326 g/mol. The first kappa shape index (κ1) is 17.5. The number of allylic oxidation sites excluding steroid dienone is 4. The van der Waals surface area contributed by atoms with Crippen LogP contribution >= 0.6 is 11.8 Å². The Balaban J connectivity index is 2.61. The Hall–Kier alpha value is -1.90. The van der Waals surface area contributed by atoms with Crippen LogP contribution in [0.5, 0.6) is 0 Å². The molecule has 1 unspecified atom stereocenters. The summed E-state index contributed by atoms with van der Waals surface area (Å²) >= 11 is 1.82. The van der Waals surface area contributed by atoms with E-state index in [-0.39, 0.29) is 11.0 Å². The fourth-order valence-corrected chi connectivity index (χ4v) is 4.44. The van der Waals surface area contributed by atoms with Crippen molar-refractivity contribution in [3.63, 3.8) is 0 Å². The van der Waals surface area contributed by atoms with Gasteiger partial charge in [0.2, 0.25) is 0 Å². The number of nitrogens with zero attached hydrogens (tertiary/aromatic N) is 4. The maximum atomic E-state index is 9.74. The quantitative estimate of drug-likeness (QED) is 0.714. The van der Waals surface area contributed by atoms with Gasteiger partial charge in [-0.3, -0.25) is 0 Å². The normalized spacial score (nSPS) is 23.7. The summed E-state index contributed by atoms with van der Waals surface area (Å²) in [6.45, 7) is 5.24. The van der Waals surface area contributed by atoms with Crippen molar-refractivity contribution >= 4 is 11.8 Å². The van der Waals surface area contributed by atoms with E-state index in [0.717, 1.165) is 31.5 Å². The first-order valence-electron chi connectivity index (χ1n) is 7.94. The van der Waals surface area contributed by atoms with Gasteiger partial charge in [0.25, 0.3) is 0 Å². The predicted octanol–water partition coefficient (Wildman–Crippen LogP) is 4.10. The molecule has 1 atom stereocenters. The van der Waals surface area contributed by atoms with E-state index in [0.29, 0.717) is 22.9 Å². The molecule has 23 heavy (non-hydrogen) atoms. The molecule has 1 aliphatic heterocycles. The molecule has 0 N–H and O–H groups in total. The van der Waals surface area contributed by atoms with Gasteiger partial charge in [0.15, 0.2) is 0 Å². The molecule has 2 aliphatic rings. The van der Waals surface area contributed by atoms with Crippen LogP contribution in [0.1, 0.15) is 46.0 Å². The van der Waals surface area contributed by atoms with Crippen LogP contribution in [0.4, 0.5) is 0 Å². The van der Waals surface area contributed by atoms with Crippen molar-refractivity contribution in [3.05, 3.63) is 22.4 Å². The molecule has 0 aromatic carbocycles. The van der Waals surface area contributed by atoms with Crippen molar-refractivity contribution in [2.45, 2.75) is 51.3 Å². The van der Waals surface area contributed by atoms with E-state index in [2.05, 4.69) is 31.1 Å². The van der Waals surface area contributed by atoms with Crippen LogP contribution in [0.2, 0.25) is 0 Å². The maximum Gasteiger partial charge on any atom is 0.134 e. The predicted molar refractivity (Wildman–Crippen MR) is 91.8 cm³/mol. The van der Waals surface area contributed by atoms with Gasteiger partial charge in [0, 0.05) is 17.8 Å². The Bertz CT molecular complexity index is 651. The summed E-state index contributed by atoms with van der Waals surface area (Å²) < 4.78 is 0. The summed E-state index contributed by atoms with van der Waals surface area (Å²) in [7, 11) is 0. The van der Waals surface area contributed by atoms with Gasteiger partial charge in [0.1, 0.15) is 23.8 Å². The van der Waals surface area contributed by atoms with Crippen molar-refractivity contribution in [2.75, 3.05) is 12.8 Å². The van der Waals surface area contributed by atoms with Crippen molar-refractivity contribution in [2.24, 2.45) is 5.41 Å². The zero-order valence-corrected chi connectivity index (χ0v) is 14.8. The van der Waals surface area contributed by atoms with Gasteiger partial charge in [-0.25, -0.2) is 0 Å². The average Bonchev–Trinajstić information content (AvgIpc) is 2.54. The molecular weight excluding hydrogens is 304 g/mol. The van der Waals surface area contributed by atoms with Gasteiger partial charge in [-0.1, -0.05) is 13.8 Å². The van der Waals surface area contributed by atoms with Gasteiger partial charge in [-0.15, -0.1) is 11.8 Å². The van der Waals surface area contributed by atoms with E-state index in [1.165, 1.54) is 6.42 Å². The summed E-state index contributed by atoms with van der Waals surface area (Å²) in [4.78, 5) is 2.35. The lowest BCUT2D eigenvalue weighted by Gasteiger charge is -2.43. The van der Waals surface area contributed by atoms with Crippen molar-refractivity contribution in [3.8, 4) is 18.2 Å². The molecule has 0 aromatic rings. The fourth-order valence-electron chi connectivity index (χ4n) is 3.55. The second kappa shape index (κ2) is 7.12. The van der Waals surface area contributed by atoms with Gasteiger partial charge in [0.05, 0.1) is 10.9 Å². The van der Waals surface area contributed by atoms with Crippen molar-refractivity contribution < 1.29 is 0 Å². The highest BCUT2D eigenvalue weighted by molar-refractivity contribution is 7.99. The third-order valence-electron chi connectivity index (χ3n) is 4.60. The highest BCUT2D eigenvalue weighted by Gasteiger charge is 2.37. The number of hydrogen-bond acceptors (Lipinski definition) is 5. The van der Waals surface area contributed by atoms with Crippen LogP contribution < -0.4 is 0 Å². The van der Waals surface area contributed by atoms with Crippen molar-refractivity contribution in [1.82, 2.24) is 4.90 Å². The molecule has 1 fully saturated rings. The SMILES string of the molecule is CSC1CCCCN1C1=C(C#N)C(=C(C#N)C#N)CC(C)(C)C1. The summed E-state index contributed by atoms with van der Waals surface area (Å²) in [5.41, 5.74) is 2.26. The highest BCUT2D eigenvalue weighted by Crippen LogP contribution is 2.45. The molecule has 4 nitrogen and oxygen atoms in total. The molecule has 0 aromatic heterocycles. The van der Waals surface area contributed by atoms with Crippen LogP contribution in [0.15, 0.2) is 22.4 Å². The van der Waals surface area contributed by atoms with Gasteiger partial charge < -0.3 is 4.90 Å². The third-order valence-corrected chi connectivity index (χ3v) is 5.63. The lowest BCUT2D eigenvalue weighted by molar-refractivity contribution is 0.215. The van der Waals surface area contributed by atoms with E-state index < -0.39 is 0 Å². The number of rotatable bonds is 2. The van der Waals surface area contributed by atoms with E-state index in [4.69, 9.17) is 0 Å². The lowest BCUT2D eigenvalue weighted by Crippen LogP contribution is -2.40. The Morgan fingerprint density at radius 2 is 1.87 bits per heavy atom. The first-order valence-corrected chi connectivity index (χ1v) is 9.22. The number of hydrogen-bond donors (Lipinski definition) is 0. The minimum Gasteiger partial charge on any atom is -0.362 e. The van der Waals surface area contributed by atoms with E-state index >= 15 is 0 Å². The summed E-state index contributed by atoms with van der Waals surface area (Å²) in [5.74, 6) is 0. The van der Waals surface area contributed by atoms with Gasteiger partial charge in [-0.05, 0) is 43.8 Å². The zero-order chi connectivity index (χ0) is 17.0. The first-order chi connectivity index (χ1) is 11.0. The second-order valence-electron chi connectivity index (χ2n) is 6.91. The van der Waals surface area contributed by atoms with E-state index in [1.54, 1.807) is 0 Å². The summed E-state index contributed by atoms with van der Waals surface area (Å²) in [6.07, 6.45) is 6.99. The van der Waals surface area contributed by atoms with Crippen LogP contribution in [-0.4, -0.2) is 23.1 Å². The minimum atomic E-state index is -0.0512. The molecule has 120 valence electrons. The maximum absolute atomic E-state index is 9.74. The van der Waals surface area contributed by atoms with Crippen LogP contribution in [0.3, 0.4) is 0 Å². The Morgan fingerprint density at radius 1 is 1.17 bits per heavy atom. The Morgan fingerprint density at radius 3 is 2.43 bits per heavy atom. The molecule has 0 spiro atoms. The molecule has 1 heterocycles. The Labute approximate surface area is 143 Å². The Kier molecular flexibility index (Phi) is 5.40. The van der Waals surface area contributed by atoms with E-state index in [9.17, 15) is 15.8 Å². The lowest BCUT2D eigenvalue weighted by atomic mass is 9.72. The van der Waals surface area contributed by atoms with Crippen LogP contribution in [0.25, 0.3) is 0 Å². The highest BCUT2D eigenvalue weighted by atomic mass is 32.2. The average molecular weight is 326 g/mol. The van der Waals surface area contributed by atoms with Gasteiger partial charge >= 0.3 is 0 Å². The van der Waals surface area contributed by atoms with Crippen LogP contribution in [-0.2, 0) is 0 Å². The summed E-state index contributed by atoms with van der Waals surface area (Å²) in [6, 6.07) is 6.26. The number of thioether (sulfide) groups is 1. The van der Waals surface area contributed by atoms with Crippen LogP contribution in [0, 0.1) is 39.4 Å². The van der Waals surface area contributed by atoms with Crippen molar-refractivity contribution in [1.29, 1.82) is 15.8 Å². The fraction of sp³-hybridized carbons (Fsp3) is 0.611. The standard InChI is InChI=1S/C18H22N4S/c1-18(2)8-14(13(10-19)11-20)15(12-21)16(9-18)22-7-5-4-6-17(22)23-3/h17H,4-9H2,1-3H3. The smallest absolute Gasteiger partial charge is 0.134 e. The topological polar surface area (TPSA) is 74.6 Å². The molecule has 5 heteroatoms. The molecule has 0 saturated carbocycles. The molecular formula is C18H22N4S. The number of likely N-dealkylation sites (tertiary alicyclic amines) is 1. The van der Waals surface area contributed by atoms with Gasteiger partial charge in [-0.2, -0.15) is 15.8 Å². The largest absolute Gasteiger partial charge is 0.362 e. The van der Waals surface area contributed by atoms with E-state index in [1.807, 2.05) is 23.9 Å². The number of piperidine rings is 1. The minimum absolute atomic E-state index is 0.0512. The number of nitriles is 3. The third kappa shape index (κ3) is 3.54.